The molecule has 0 aliphatic heterocycles. The minimum atomic E-state index is -1.00. The number of rotatable bonds is 10. The van der Waals surface area contributed by atoms with Crippen LogP contribution < -0.4 is 22.5 Å². The van der Waals surface area contributed by atoms with Gasteiger partial charge in [0.05, 0.1) is 21.6 Å². The Morgan fingerprint density at radius 1 is 0.774 bits per heavy atom. The van der Waals surface area contributed by atoms with Gasteiger partial charge in [-0.3, -0.25) is 32.2 Å². The number of halogens is 4. The third-order valence-corrected chi connectivity index (χ3v) is 9.86. The average molecular weight is 856 g/mol. The molecule has 0 atom stereocenters. The van der Waals surface area contributed by atoms with Gasteiger partial charge in [0.2, 0.25) is 0 Å². The zero-order valence-corrected chi connectivity index (χ0v) is 33.1. The fourth-order valence-corrected chi connectivity index (χ4v) is 6.60. The summed E-state index contributed by atoms with van der Waals surface area (Å²) in [5.41, 5.74) is 2.32. The Morgan fingerprint density at radius 3 is 1.68 bits per heavy atom. The molecule has 0 saturated carbocycles. The number of unbranched alkanes of at least 4 members (excludes halogenated alkanes) is 2. The number of benzene rings is 2. The van der Waals surface area contributed by atoms with E-state index in [1.54, 1.807) is 47.5 Å². The summed E-state index contributed by atoms with van der Waals surface area (Å²) in [6, 6.07) is 14.8. The Hall–Kier alpha value is -4.05. The summed E-state index contributed by atoms with van der Waals surface area (Å²) in [5.74, 6) is 0. The second-order valence-corrected chi connectivity index (χ2v) is 13.9. The highest BCUT2D eigenvalue weighted by Crippen LogP contribution is 2.20. The van der Waals surface area contributed by atoms with Gasteiger partial charge >= 0.3 is 11.4 Å². The van der Waals surface area contributed by atoms with E-state index >= 15 is 0 Å². The summed E-state index contributed by atoms with van der Waals surface area (Å²) in [6.07, 6.45) is 3.34. The van der Waals surface area contributed by atoms with Crippen LogP contribution in [0.25, 0.3) is 22.3 Å². The monoisotopic (exact) mass is 853 g/mol. The molecule has 0 saturated heterocycles. The van der Waals surface area contributed by atoms with Crippen molar-refractivity contribution in [2.24, 2.45) is 14.1 Å². The highest BCUT2D eigenvalue weighted by Gasteiger charge is 2.20. The number of nitrogens with zero attached hydrogens (tertiary/aromatic N) is 7. The van der Waals surface area contributed by atoms with E-state index in [-0.39, 0.29) is 29.9 Å². The number of imidazole rings is 2. The quantitative estimate of drug-likeness (QED) is 0.113. The molecule has 0 aliphatic rings. The van der Waals surface area contributed by atoms with E-state index in [9.17, 15) is 23.6 Å². The van der Waals surface area contributed by atoms with E-state index < -0.39 is 7.15 Å². The Bertz CT molecular complexity index is 2510. The highest BCUT2D eigenvalue weighted by molar-refractivity contribution is 9.10. The molecule has 2 aromatic carbocycles. The van der Waals surface area contributed by atoms with Crippen LogP contribution in [0.1, 0.15) is 59.5 Å². The van der Waals surface area contributed by atoms with Crippen LogP contribution in [-0.2, 0) is 40.3 Å². The number of aromatic nitrogens is 8. The molecule has 6 rings (SSSR count). The van der Waals surface area contributed by atoms with Gasteiger partial charge in [0.15, 0.2) is 26.2 Å². The summed E-state index contributed by atoms with van der Waals surface area (Å²) < 4.78 is 25.4. The largest absolute Gasteiger partial charge is 0.332 e. The number of H-pyrrole nitrogens is 1. The predicted octanol–water partition coefficient (Wildman–Crippen LogP) is 7.44. The maximum absolute atomic E-state index is 12.9. The summed E-state index contributed by atoms with van der Waals surface area (Å²) >= 11 is 20.7. The van der Waals surface area contributed by atoms with E-state index in [1.807, 2.05) is 38.1 Å². The molecule has 53 heavy (non-hydrogen) atoms. The number of alkyl halides is 1. The third kappa shape index (κ3) is 9.37. The molecule has 0 spiro atoms. The van der Waals surface area contributed by atoms with Crippen LogP contribution in [0, 0.1) is 4.77 Å². The van der Waals surface area contributed by atoms with Crippen LogP contribution in [0.5, 0.6) is 0 Å². The van der Waals surface area contributed by atoms with Crippen molar-refractivity contribution in [3.8, 4) is 0 Å². The molecule has 12 nitrogen and oxygen atoms in total. The van der Waals surface area contributed by atoms with Crippen LogP contribution in [0.2, 0.25) is 10.0 Å². The first kappa shape index (κ1) is 41.7. The molecule has 0 unspecified atom stereocenters. The molecule has 0 fully saturated rings. The Labute approximate surface area is 330 Å². The van der Waals surface area contributed by atoms with Gasteiger partial charge < -0.3 is 14.1 Å². The van der Waals surface area contributed by atoms with Crippen molar-refractivity contribution in [2.75, 3.05) is 7.15 Å². The molecule has 0 aliphatic carbocycles. The lowest BCUT2D eigenvalue weighted by molar-refractivity contribution is 0.565. The van der Waals surface area contributed by atoms with Gasteiger partial charge in [0.25, 0.3) is 11.1 Å². The molecular weight excluding hydrogens is 810 g/mol. The van der Waals surface area contributed by atoms with E-state index in [0.29, 0.717) is 68.1 Å². The highest BCUT2D eigenvalue weighted by atomic mass is 79.9. The number of aromatic amines is 1. The summed E-state index contributed by atoms with van der Waals surface area (Å²) in [7, 11) is 2.28. The Kier molecular flexibility index (Phi) is 15.2. The molecule has 4 heterocycles. The van der Waals surface area contributed by atoms with Crippen LogP contribution >= 0.6 is 51.3 Å². The van der Waals surface area contributed by atoms with Gasteiger partial charge in [-0.05, 0) is 76.4 Å². The fourth-order valence-electron chi connectivity index (χ4n) is 5.62. The normalized spacial score (nSPS) is 11.1. The predicted molar refractivity (Wildman–Crippen MR) is 218 cm³/mol. The average Bonchev–Trinajstić information content (AvgIpc) is 3.64. The van der Waals surface area contributed by atoms with Gasteiger partial charge in [-0.15, -0.1) is 0 Å². The zero-order valence-electron chi connectivity index (χ0n) is 30.2. The van der Waals surface area contributed by atoms with Crippen LogP contribution in [0.15, 0.2) is 72.4 Å². The summed E-state index contributed by atoms with van der Waals surface area (Å²) in [5, 5.41) is 1.30. The van der Waals surface area contributed by atoms with E-state index in [1.165, 1.54) is 18.3 Å². The lowest BCUT2D eigenvalue weighted by Crippen LogP contribution is -2.39. The molecule has 1 N–H and O–H groups in total. The van der Waals surface area contributed by atoms with Crippen LogP contribution in [0.4, 0.5) is 4.39 Å². The first-order valence-corrected chi connectivity index (χ1v) is 18.4. The molecule has 4 aromatic heterocycles. The van der Waals surface area contributed by atoms with E-state index in [0.717, 1.165) is 36.8 Å². The topological polar surface area (TPSA) is 127 Å². The van der Waals surface area contributed by atoms with E-state index in [2.05, 4.69) is 25.9 Å². The second-order valence-electron chi connectivity index (χ2n) is 11.9. The fraction of sp³-hybridized carbons (Fsp3) is 0.389. The van der Waals surface area contributed by atoms with Crippen molar-refractivity contribution in [3.63, 3.8) is 0 Å². The molecule has 0 amide bonds. The van der Waals surface area contributed by atoms with Crippen molar-refractivity contribution in [3.05, 3.63) is 121 Å². The van der Waals surface area contributed by atoms with Gasteiger partial charge in [0.1, 0.15) is 5.65 Å². The number of hydrogen-bond acceptors (Lipinski definition) is 6. The Balaban J connectivity index is 0.000000266. The number of fused-ring (bicyclic) bond motifs is 2. The van der Waals surface area contributed by atoms with Crippen molar-refractivity contribution in [1.29, 1.82) is 0 Å². The first-order chi connectivity index (χ1) is 25.3. The molecular formula is C36H44BrCl2FN8O4S. The maximum atomic E-state index is 12.9. The lowest BCUT2D eigenvalue weighted by Gasteiger charge is -2.10. The molecule has 286 valence electrons. The molecule has 6 aromatic rings. The number of nitrogens with one attached hydrogen (secondary N) is 1. The van der Waals surface area contributed by atoms with Crippen LogP contribution in [0.3, 0.4) is 0 Å². The smallest absolute Gasteiger partial charge is 0.316 e. The van der Waals surface area contributed by atoms with Gasteiger partial charge in [-0.2, -0.15) is 0 Å². The number of hydrogen-bond donors (Lipinski definition) is 1. The summed E-state index contributed by atoms with van der Waals surface area (Å²) in [6.45, 7) is 5.73. The second kappa shape index (κ2) is 19.3. The molecule has 0 radical (unpaired) electrons. The zero-order chi connectivity index (χ0) is 39.0. The summed E-state index contributed by atoms with van der Waals surface area (Å²) in [4.78, 5) is 58.2. The third-order valence-electron chi connectivity index (χ3n) is 8.43. The Morgan fingerprint density at radius 2 is 1.21 bits per heavy atom. The van der Waals surface area contributed by atoms with Gasteiger partial charge in [0, 0.05) is 37.2 Å². The lowest BCUT2D eigenvalue weighted by atomic mass is 10.2. The van der Waals surface area contributed by atoms with Crippen molar-refractivity contribution < 1.29 is 5.76 Å². The first-order valence-electron chi connectivity index (χ1n) is 17.1. The van der Waals surface area contributed by atoms with Gasteiger partial charge in [-0.1, -0.05) is 81.6 Å². The minimum absolute atomic E-state index is 0. The van der Waals surface area contributed by atoms with Crippen molar-refractivity contribution >= 4 is 73.7 Å². The molecule has 17 heteroatoms. The standard InChI is InChI=1S/C17H18BrClN4O2.C17H19ClN4O2S.CH3F.CH4/c1-3-4-9-22-15(24)13-14(21(2)17(22)25)20-16(18)23(13)10-11-5-7-12(19)8-6-11;1-3-4-9-21-15(23)13-14(20(2)17(21)24)19-16(25)22(13)10-11-5-7-12(18)8-6-11;1-2;/h5-8H,3-4,9-10H2,1-2H3;5-8H,3-4,9-10H2,1-2H3,(H,19,25);1H3;1H4/i;;1D;. The van der Waals surface area contributed by atoms with Crippen molar-refractivity contribution in [2.45, 2.75) is 73.1 Å². The van der Waals surface area contributed by atoms with E-state index in [4.69, 9.17) is 36.8 Å². The SMILES string of the molecule is C.CCCCn1c(=O)c2c([nH]c(=S)n2Cc2ccc(Cl)cc2)n(C)c1=O.CCCCn1c(=O)c2c(nc(Br)n2Cc2ccc(Cl)cc2)n(C)c1=O.[2H]CF. The van der Waals surface area contributed by atoms with Gasteiger partial charge in [-0.25, -0.2) is 14.6 Å². The van der Waals surface area contributed by atoms with Crippen LogP contribution in [-0.4, -0.2) is 44.5 Å². The van der Waals surface area contributed by atoms with Crippen molar-refractivity contribution in [1.82, 2.24) is 37.4 Å². The minimum Gasteiger partial charge on any atom is -0.316 e. The maximum Gasteiger partial charge on any atom is 0.332 e. The number of aryl methyl sites for hydroxylation is 2. The molecule has 0 bridgehead atoms.